The molecule has 1 amide bonds. The molecule has 1 saturated carbocycles. The Labute approximate surface area is 79.5 Å². The first-order chi connectivity index (χ1) is 6.36. The normalized spacial score (nSPS) is 25.5. The SMILES string of the molecule is O=C1CCCNN1CC1CCCC1. The molecule has 1 heterocycles. The first-order valence-corrected chi connectivity index (χ1v) is 5.40. The van der Waals surface area contributed by atoms with Crippen LogP contribution in [0.15, 0.2) is 0 Å². The van der Waals surface area contributed by atoms with Crippen molar-refractivity contribution in [1.82, 2.24) is 10.4 Å². The summed E-state index contributed by atoms with van der Waals surface area (Å²) in [5, 5.41) is 1.85. The highest BCUT2D eigenvalue weighted by atomic mass is 16.2. The first kappa shape index (κ1) is 9.00. The van der Waals surface area contributed by atoms with Gasteiger partial charge >= 0.3 is 0 Å². The molecule has 0 unspecified atom stereocenters. The number of amides is 1. The zero-order valence-corrected chi connectivity index (χ0v) is 8.09. The lowest BCUT2D eigenvalue weighted by atomic mass is 10.1. The third-order valence-corrected chi connectivity index (χ3v) is 3.09. The summed E-state index contributed by atoms with van der Waals surface area (Å²) in [6, 6.07) is 0. The van der Waals surface area contributed by atoms with E-state index in [1.54, 1.807) is 0 Å². The van der Waals surface area contributed by atoms with Crippen molar-refractivity contribution in [2.45, 2.75) is 38.5 Å². The molecule has 1 aliphatic heterocycles. The van der Waals surface area contributed by atoms with Gasteiger partial charge in [-0.1, -0.05) is 12.8 Å². The second kappa shape index (κ2) is 4.09. The van der Waals surface area contributed by atoms with Gasteiger partial charge in [-0.05, 0) is 25.2 Å². The van der Waals surface area contributed by atoms with Crippen LogP contribution >= 0.6 is 0 Å². The predicted molar refractivity (Wildman–Crippen MR) is 50.9 cm³/mol. The number of carbonyl (C=O) groups is 1. The number of hydrogen-bond donors (Lipinski definition) is 1. The summed E-state index contributed by atoms with van der Waals surface area (Å²) in [6.07, 6.45) is 7.07. The zero-order valence-electron chi connectivity index (χ0n) is 8.09. The standard InChI is InChI=1S/C10H18N2O/c13-10-6-3-7-11-12(10)8-9-4-1-2-5-9/h9,11H,1-8H2. The second-order valence-corrected chi connectivity index (χ2v) is 4.17. The van der Waals surface area contributed by atoms with E-state index in [4.69, 9.17) is 0 Å². The number of hydrazine groups is 1. The van der Waals surface area contributed by atoms with E-state index >= 15 is 0 Å². The van der Waals surface area contributed by atoms with Crippen molar-refractivity contribution in [3.63, 3.8) is 0 Å². The van der Waals surface area contributed by atoms with E-state index in [0.29, 0.717) is 0 Å². The van der Waals surface area contributed by atoms with E-state index in [2.05, 4.69) is 5.43 Å². The van der Waals surface area contributed by atoms with Crippen LogP contribution in [0.25, 0.3) is 0 Å². The van der Waals surface area contributed by atoms with Crippen LogP contribution in [0.1, 0.15) is 38.5 Å². The van der Waals surface area contributed by atoms with Crippen molar-refractivity contribution < 1.29 is 4.79 Å². The molecule has 0 radical (unpaired) electrons. The Hall–Kier alpha value is -0.570. The Balaban J connectivity index is 1.81. The predicted octanol–water partition coefficient (Wildman–Crippen LogP) is 1.30. The maximum absolute atomic E-state index is 11.4. The van der Waals surface area contributed by atoms with Crippen LogP contribution < -0.4 is 5.43 Å². The van der Waals surface area contributed by atoms with Crippen LogP contribution in [0.2, 0.25) is 0 Å². The summed E-state index contributed by atoms with van der Waals surface area (Å²) >= 11 is 0. The van der Waals surface area contributed by atoms with Gasteiger partial charge in [-0.25, -0.2) is 5.43 Å². The van der Waals surface area contributed by atoms with Crippen LogP contribution in [0.4, 0.5) is 0 Å². The zero-order chi connectivity index (χ0) is 9.10. The van der Waals surface area contributed by atoms with Crippen molar-refractivity contribution in [2.75, 3.05) is 13.1 Å². The number of nitrogens with one attached hydrogen (secondary N) is 1. The third kappa shape index (κ3) is 2.21. The van der Waals surface area contributed by atoms with Crippen LogP contribution in [-0.2, 0) is 4.79 Å². The largest absolute Gasteiger partial charge is 0.278 e. The molecule has 2 fully saturated rings. The Bertz CT molecular complexity index is 187. The molecule has 0 aromatic heterocycles. The lowest BCUT2D eigenvalue weighted by Crippen LogP contribution is -2.48. The molecule has 1 aliphatic carbocycles. The van der Waals surface area contributed by atoms with Gasteiger partial charge in [0.25, 0.3) is 0 Å². The van der Waals surface area contributed by atoms with Gasteiger partial charge in [0.2, 0.25) is 5.91 Å². The molecule has 0 aromatic rings. The highest BCUT2D eigenvalue weighted by Crippen LogP contribution is 2.25. The topological polar surface area (TPSA) is 32.3 Å². The minimum atomic E-state index is 0.290. The highest BCUT2D eigenvalue weighted by molar-refractivity contribution is 5.76. The van der Waals surface area contributed by atoms with Crippen LogP contribution in [0.5, 0.6) is 0 Å². The Kier molecular flexibility index (Phi) is 2.83. The fourth-order valence-corrected chi connectivity index (χ4v) is 2.29. The van der Waals surface area contributed by atoms with E-state index < -0.39 is 0 Å². The third-order valence-electron chi connectivity index (χ3n) is 3.09. The Morgan fingerprint density at radius 1 is 1.31 bits per heavy atom. The fourth-order valence-electron chi connectivity index (χ4n) is 2.29. The first-order valence-electron chi connectivity index (χ1n) is 5.40. The van der Waals surface area contributed by atoms with Gasteiger partial charge in [-0.3, -0.25) is 9.80 Å². The van der Waals surface area contributed by atoms with Gasteiger partial charge in [0.1, 0.15) is 0 Å². The van der Waals surface area contributed by atoms with Crippen molar-refractivity contribution in [3.05, 3.63) is 0 Å². The molecule has 2 rings (SSSR count). The Morgan fingerprint density at radius 3 is 2.77 bits per heavy atom. The maximum atomic E-state index is 11.4. The summed E-state index contributed by atoms with van der Waals surface area (Å²) < 4.78 is 0. The van der Waals surface area contributed by atoms with Crippen molar-refractivity contribution in [1.29, 1.82) is 0 Å². The van der Waals surface area contributed by atoms with Crippen molar-refractivity contribution >= 4 is 5.91 Å². The summed E-state index contributed by atoms with van der Waals surface area (Å²) in [7, 11) is 0. The van der Waals surface area contributed by atoms with Crippen LogP contribution in [-0.4, -0.2) is 24.0 Å². The van der Waals surface area contributed by atoms with Crippen molar-refractivity contribution in [3.8, 4) is 0 Å². The van der Waals surface area contributed by atoms with Crippen LogP contribution in [0, 0.1) is 5.92 Å². The van der Waals surface area contributed by atoms with Gasteiger partial charge in [0.05, 0.1) is 0 Å². The van der Waals surface area contributed by atoms with Crippen molar-refractivity contribution in [2.24, 2.45) is 5.92 Å². The lowest BCUT2D eigenvalue weighted by molar-refractivity contribution is -0.137. The molecule has 3 heteroatoms. The molecule has 0 aromatic carbocycles. The number of rotatable bonds is 2. The summed E-state index contributed by atoms with van der Waals surface area (Å²) in [5.41, 5.74) is 3.18. The molecular formula is C10H18N2O. The van der Waals surface area contributed by atoms with E-state index in [1.807, 2.05) is 5.01 Å². The molecule has 3 nitrogen and oxygen atoms in total. The van der Waals surface area contributed by atoms with Gasteiger partial charge in [0.15, 0.2) is 0 Å². The quantitative estimate of drug-likeness (QED) is 0.698. The number of carbonyl (C=O) groups excluding carboxylic acids is 1. The molecule has 0 spiro atoms. The number of hydrogen-bond acceptors (Lipinski definition) is 2. The monoisotopic (exact) mass is 182 g/mol. The molecule has 0 atom stereocenters. The van der Waals surface area contributed by atoms with Gasteiger partial charge < -0.3 is 0 Å². The van der Waals surface area contributed by atoms with E-state index in [-0.39, 0.29) is 5.91 Å². The highest BCUT2D eigenvalue weighted by Gasteiger charge is 2.23. The average Bonchev–Trinajstić information content (AvgIpc) is 2.61. The molecule has 1 N–H and O–H groups in total. The molecule has 1 saturated heterocycles. The van der Waals surface area contributed by atoms with Gasteiger partial charge in [-0.15, -0.1) is 0 Å². The van der Waals surface area contributed by atoms with E-state index in [0.717, 1.165) is 31.8 Å². The average molecular weight is 182 g/mol. The maximum Gasteiger partial charge on any atom is 0.236 e. The Morgan fingerprint density at radius 2 is 2.08 bits per heavy atom. The second-order valence-electron chi connectivity index (χ2n) is 4.17. The summed E-state index contributed by atoms with van der Waals surface area (Å²) in [6.45, 7) is 1.91. The summed E-state index contributed by atoms with van der Waals surface area (Å²) in [5.74, 6) is 1.05. The van der Waals surface area contributed by atoms with Gasteiger partial charge in [-0.2, -0.15) is 0 Å². The molecular weight excluding hydrogens is 164 g/mol. The molecule has 13 heavy (non-hydrogen) atoms. The number of nitrogens with zero attached hydrogens (tertiary/aromatic N) is 1. The van der Waals surface area contributed by atoms with Crippen LogP contribution in [0.3, 0.4) is 0 Å². The summed E-state index contributed by atoms with van der Waals surface area (Å²) in [4.78, 5) is 11.4. The lowest BCUT2D eigenvalue weighted by Gasteiger charge is -2.29. The minimum Gasteiger partial charge on any atom is -0.278 e. The molecule has 74 valence electrons. The fraction of sp³-hybridized carbons (Fsp3) is 0.900. The van der Waals surface area contributed by atoms with E-state index in [9.17, 15) is 4.79 Å². The van der Waals surface area contributed by atoms with Gasteiger partial charge in [0, 0.05) is 19.5 Å². The smallest absolute Gasteiger partial charge is 0.236 e. The van der Waals surface area contributed by atoms with E-state index in [1.165, 1.54) is 25.7 Å². The molecule has 2 aliphatic rings. The minimum absolute atomic E-state index is 0.290. The molecule has 0 bridgehead atoms.